The fraction of sp³-hybridized carbons (Fsp3) is 0.308. The Kier molecular flexibility index (Phi) is 2.79. The lowest BCUT2D eigenvalue weighted by atomic mass is 9.90. The first-order chi connectivity index (χ1) is 7.68. The van der Waals surface area contributed by atoms with Gasteiger partial charge in [-0.3, -0.25) is 0 Å². The molecule has 0 radical (unpaired) electrons. The Labute approximate surface area is 95.4 Å². The van der Waals surface area contributed by atoms with Crippen molar-refractivity contribution in [3.63, 3.8) is 0 Å². The summed E-state index contributed by atoms with van der Waals surface area (Å²) < 4.78 is 1.86. The summed E-state index contributed by atoms with van der Waals surface area (Å²) in [6.07, 6.45) is 4.15. The van der Waals surface area contributed by atoms with Crippen molar-refractivity contribution in [2.24, 2.45) is 7.05 Å². The van der Waals surface area contributed by atoms with Crippen molar-refractivity contribution in [2.75, 3.05) is 0 Å². The topological polar surface area (TPSA) is 38.1 Å². The van der Waals surface area contributed by atoms with Gasteiger partial charge in [-0.1, -0.05) is 37.3 Å². The predicted molar refractivity (Wildman–Crippen MR) is 62.9 cm³/mol. The number of nitrogens with zero attached hydrogens (tertiary/aromatic N) is 2. The summed E-state index contributed by atoms with van der Waals surface area (Å²) in [5.74, 6) is 0.682. The molecule has 0 fully saturated rings. The van der Waals surface area contributed by atoms with Crippen LogP contribution < -0.4 is 0 Å². The Morgan fingerprint density at radius 1 is 1.31 bits per heavy atom. The first-order valence-electron chi connectivity index (χ1n) is 5.44. The van der Waals surface area contributed by atoms with E-state index < -0.39 is 5.60 Å². The van der Waals surface area contributed by atoms with Crippen LogP contribution >= 0.6 is 0 Å². The van der Waals surface area contributed by atoms with E-state index in [1.165, 1.54) is 0 Å². The van der Waals surface area contributed by atoms with E-state index in [0.29, 0.717) is 12.2 Å². The van der Waals surface area contributed by atoms with Gasteiger partial charge in [0.15, 0.2) is 0 Å². The van der Waals surface area contributed by atoms with Crippen LogP contribution in [0.25, 0.3) is 0 Å². The number of aromatic nitrogens is 2. The van der Waals surface area contributed by atoms with Crippen molar-refractivity contribution in [1.82, 2.24) is 9.55 Å². The van der Waals surface area contributed by atoms with E-state index in [1.807, 2.05) is 55.1 Å². The largest absolute Gasteiger partial charge is 0.377 e. The van der Waals surface area contributed by atoms with E-state index in [4.69, 9.17) is 0 Å². The Balaban J connectivity index is 2.53. The zero-order valence-electron chi connectivity index (χ0n) is 9.59. The van der Waals surface area contributed by atoms with Gasteiger partial charge < -0.3 is 9.67 Å². The maximum Gasteiger partial charge on any atom is 0.147 e. The van der Waals surface area contributed by atoms with Gasteiger partial charge in [0.2, 0.25) is 0 Å². The van der Waals surface area contributed by atoms with Crippen LogP contribution in [0.4, 0.5) is 0 Å². The Bertz CT molecular complexity index is 464. The molecule has 0 aliphatic heterocycles. The maximum absolute atomic E-state index is 10.7. The SMILES string of the molecule is CC[C@@](O)(c1ccccc1)c1nccn1C. The van der Waals surface area contributed by atoms with Gasteiger partial charge in [0.05, 0.1) is 0 Å². The summed E-state index contributed by atoms with van der Waals surface area (Å²) in [5, 5.41) is 10.7. The Morgan fingerprint density at radius 3 is 2.50 bits per heavy atom. The minimum Gasteiger partial charge on any atom is -0.377 e. The van der Waals surface area contributed by atoms with E-state index in [1.54, 1.807) is 6.20 Å². The molecule has 1 aromatic heterocycles. The van der Waals surface area contributed by atoms with Crippen LogP contribution in [-0.4, -0.2) is 14.7 Å². The highest BCUT2D eigenvalue weighted by molar-refractivity contribution is 5.29. The highest BCUT2D eigenvalue weighted by Gasteiger charge is 2.32. The van der Waals surface area contributed by atoms with Crippen molar-refractivity contribution in [1.29, 1.82) is 0 Å². The number of rotatable bonds is 3. The molecule has 0 saturated carbocycles. The summed E-state index contributed by atoms with van der Waals surface area (Å²) in [7, 11) is 1.89. The van der Waals surface area contributed by atoms with Gasteiger partial charge in [-0.25, -0.2) is 4.98 Å². The van der Waals surface area contributed by atoms with Gasteiger partial charge in [0, 0.05) is 19.4 Å². The lowest BCUT2D eigenvalue weighted by Gasteiger charge is -2.26. The number of benzene rings is 1. The van der Waals surface area contributed by atoms with E-state index in [9.17, 15) is 5.11 Å². The normalized spacial score (nSPS) is 14.7. The molecule has 3 nitrogen and oxygen atoms in total. The number of aliphatic hydroxyl groups is 1. The monoisotopic (exact) mass is 216 g/mol. The van der Waals surface area contributed by atoms with E-state index in [-0.39, 0.29) is 0 Å². The fourth-order valence-electron chi connectivity index (χ4n) is 1.97. The molecular formula is C13H16N2O. The third kappa shape index (κ3) is 1.63. The molecule has 2 rings (SSSR count). The number of imidazole rings is 1. The van der Waals surface area contributed by atoms with Gasteiger partial charge in [-0.2, -0.15) is 0 Å². The maximum atomic E-state index is 10.7. The number of hydrogen-bond acceptors (Lipinski definition) is 2. The third-order valence-corrected chi connectivity index (χ3v) is 2.95. The van der Waals surface area contributed by atoms with Gasteiger partial charge in [0.1, 0.15) is 11.4 Å². The smallest absolute Gasteiger partial charge is 0.147 e. The molecule has 0 aliphatic carbocycles. The van der Waals surface area contributed by atoms with Gasteiger partial charge >= 0.3 is 0 Å². The highest BCUT2D eigenvalue weighted by atomic mass is 16.3. The average molecular weight is 216 g/mol. The molecule has 2 aromatic rings. The summed E-state index contributed by atoms with van der Waals surface area (Å²) in [5.41, 5.74) is -0.119. The minimum atomic E-state index is -1.00. The van der Waals surface area contributed by atoms with E-state index in [0.717, 1.165) is 5.56 Å². The van der Waals surface area contributed by atoms with Gasteiger partial charge in [-0.05, 0) is 12.0 Å². The van der Waals surface area contributed by atoms with Gasteiger partial charge in [-0.15, -0.1) is 0 Å². The summed E-state index contributed by atoms with van der Waals surface area (Å²) in [4.78, 5) is 4.25. The second kappa shape index (κ2) is 4.10. The van der Waals surface area contributed by atoms with Crippen LogP contribution in [0.15, 0.2) is 42.7 Å². The molecule has 0 spiro atoms. The van der Waals surface area contributed by atoms with Crippen molar-refractivity contribution >= 4 is 0 Å². The molecule has 0 saturated heterocycles. The van der Waals surface area contributed by atoms with Crippen molar-refractivity contribution < 1.29 is 5.11 Å². The summed E-state index contributed by atoms with van der Waals surface area (Å²) in [6, 6.07) is 9.66. The molecule has 84 valence electrons. The zero-order chi connectivity index (χ0) is 11.6. The lowest BCUT2D eigenvalue weighted by molar-refractivity contribution is 0.0641. The minimum absolute atomic E-state index is 0.599. The average Bonchev–Trinajstić information content (AvgIpc) is 2.76. The fourth-order valence-corrected chi connectivity index (χ4v) is 1.97. The molecule has 1 atom stereocenters. The molecule has 0 unspecified atom stereocenters. The third-order valence-electron chi connectivity index (χ3n) is 2.95. The van der Waals surface area contributed by atoms with Gasteiger partial charge in [0.25, 0.3) is 0 Å². The summed E-state index contributed by atoms with van der Waals surface area (Å²) >= 11 is 0. The van der Waals surface area contributed by atoms with Crippen LogP contribution in [0.1, 0.15) is 24.7 Å². The van der Waals surface area contributed by atoms with E-state index >= 15 is 0 Å². The molecule has 1 heterocycles. The van der Waals surface area contributed by atoms with Crippen LogP contribution in [0.3, 0.4) is 0 Å². The second-order valence-corrected chi connectivity index (χ2v) is 3.94. The van der Waals surface area contributed by atoms with Crippen LogP contribution in [0.5, 0.6) is 0 Å². The van der Waals surface area contributed by atoms with Crippen LogP contribution in [0, 0.1) is 0 Å². The van der Waals surface area contributed by atoms with E-state index in [2.05, 4.69) is 4.98 Å². The molecule has 0 bridgehead atoms. The molecule has 1 N–H and O–H groups in total. The quantitative estimate of drug-likeness (QED) is 0.853. The molecule has 1 aromatic carbocycles. The second-order valence-electron chi connectivity index (χ2n) is 3.94. The molecule has 3 heteroatoms. The predicted octanol–water partition coefficient (Wildman–Crippen LogP) is 2.07. The van der Waals surface area contributed by atoms with Crippen molar-refractivity contribution in [3.05, 3.63) is 54.1 Å². The molecular weight excluding hydrogens is 200 g/mol. The molecule has 0 amide bonds. The first-order valence-corrected chi connectivity index (χ1v) is 5.44. The highest BCUT2D eigenvalue weighted by Crippen LogP contribution is 2.30. The molecule has 0 aliphatic rings. The standard InChI is InChI=1S/C13H16N2O/c1-3-13(16,11-7-5-4-6-8-11)12-14-9-10-15(12)2/h4-10,16H,3H2,1-2H3/t13-/m1/s1. The van der Waals surface area contributed by atoms with Crippen LogP contribution in [0.2, 0.25) is 0 Å². The Hall–Kier alpha value is -1.61. The first kappa shape index (κ1) is 10.9. The Morgan fingerprint density at radius 2 is 2.00 bits per heavy atom. The lowest BCUT2D eigenvalue weighted by Crippen LogP contribution is -2.29. The summed E-state index contributed by atoms with van der Waals surface area (Å²) in [6.45, 7) is 1.96. The number of aryl methyl sites for hydroxylation is 1. The molecule has 16 heavy (non-hydrogen) atoms. The van der Waals surface area contributed by atoms with Crippen molar-refractivity contribution in [2.45, 2.75) is 18.9 Å². The zero-order valence-corrected chi connectivity index (χ0v) is 9.59. The van der Waals surface area contributed by atoms with Crippen LogP contribution in [-0.2, 0) is 12.6 Å². The van der Waals surface area contributed by atoms with Crippen molar-refractivity contribution in [3.8, 4) is 0 Å². The number of hydrogen-bond donors (Lipinski definition) is 1.